The second-order valence-electron chi connectivity index (χ2n) is 6.60. The molecule has 0 amide bonds. The minimum atomic E-state index is -0.644. The number of aliphatic hydroxyl groups excluding tert-OH is 1. The van der Waals surface area contributed by atoms with E-state index in [1.165, 1.54) is 28.8 Å². The second-order valence-corrected chi connectivity index (χ2v) is 6.60. The predicted molar refractivity (Wildman–Crippen MR) is 102 cm³/mol. The molecule has 0 aliphatic rings. The van der Waals surface area contributed by atoms with Gasteiger partial charge in [-0.2, -0.15) is 0 Å². The van der Waals surface area contributed by atoms with Gasteiger partial charge in [-0.3, -0.25) is 4.90 Å². The van der Waals surface area contributed by atoms with Gasteiger partial charge in [0.2, 0.25) is 0 Å². The molecule has 2 rings (SSSR count). The molecule has 0 unspecified atom stereocenters. The largest absolute Gasteiger partial charge is 0.389 e. The number of nitrogens with zero attached hydrogens (tertiary/aromatic N) is 1. The molecule has 2 aromatic rings. The monoisotopic (exact) mass is 355 g/mol. The Morgan fingerprint density at radius 3 is 2.54 bits per heavy atom. The van der Waals surface area contributed by atoms with Crippen LogP contribution >= 0.6 is 0 Å². The molecule has 0 radical (unpaired) electrons. The summed E-state index contributed by atoms with van der Waals surface area (Å²) in [6.07, 6.45) is 4.52. The summed E-state index contributed by atoms with van der Waals surface area (Å²) >= 11 is 0. The molecular weight excluding hydrogens is 329 g/mol. The average Bonchev–Trinajstić information content (AvgIpc) is 2.59. The van der Waals surface area contributed by atoms with Crippen LogP contribution in [-0.4, -0.2) is 35.9 Å². The first-order valence-corrected chi connectivity index (χ1v) is 8.70. The summed E-state index contributed by atoms with van der Waals surface area (Å²) in [5.74, 6) is 2.14. The lowest BCUT2D eigenvalue weighted by Crippen LogP contribution is -2.34. The molecule has 0 heterocycles. The van der Waals surface area contributed by atoms with E-state index in [2.05, 4.69) is 42.9 Å². The summed E-state index contributed by atoms with van der Waals surface area (Å²) in [6, 6.07) is 12.8. The Kier molecular flexibility index (Phi) is 7.80. The van der Waals surface area contributed by atoms with Crippen molar-refractivity contribution >= 4 is 0 Å². The molecule has 0 aliphatic carbocycles. The molecule has 0 aromatic heterocycles. The lowest BCUT2D eigenvalue weighted by molar-refractivity contribution is 0.0243. The fraction of sp³-hybridized carbons (Fsp3) is 0.364. The highest BCUT2D eigenvalue weighted by molar-refractivity contribution is 5.30. The van der Waals surface area contributed by atoms with Crippen molar-refractivity contribution in [2.75, 3.05) is 19.8 Å². The van der Waals surface area contributed by atoms with Crippen LogP contribution in [0.25, 0.3) is 0 Å². The molecule has 0 aliphatic heterocycles. The van der Waals surface area contributed by atoms with Gasteiger partial charge in [0.1, 0.15) is 12.4 Å². The summed E-state index contributed by atoms with van der Waals surface area (Å²) in [5.41, 5.74) is 4.63. The Balaban J connectivity index is 2.09. The molecule has 0 saturated heterocycles. The molecule has 138 valence electrons. The molecule has 0 saturated carbocycles. The first kappa shape index (κ1) is 20.1. The Hall–Kier alpha value is -2.19. The number of hydrogen-bond donors (Lipinski definition) is 1. The van der Waals surface area contributed by atoms with Gasteiger partial charge in [0.25, 0.3) is 0 Å². The lowest BCUT2D eigenvalue weighted by atomic mass is 10.0. The van der Waals surface area contributed by atoms with Gasteiger partial charge >= 0.3 is 0 Å². The minimum absolute atomic E-state index is 0.187. The van der Waals surface area contributed by atoms with Crippen molar-refractivity contribution in [3.8, 4) is 12.3 Å². The molecule has 0 bridgehead atoms. The van der Waals surface area contributed by atoms with Crippen LogP contribution in [0, 0.1) is 32.0 Å². The number of aliphatic hydroxyl groups is 1. The van der Waals surface area contributed by atoms with Crippen LogP contribution < -0.4 is 0 Å². The highest BCUT2D eigenvalue weighted by Crippen LogP contribution is 2.16. The first-order chi connectivity index (χ1) is 12.5. The number of terminal acetylenes is 1. The molecule has 26 heavy (non-hydrogen) atoms. The van der Waals surface area contributed by atoms with Crippen LogP contribution in [0.15, 0.2) is 42.5 Å². The maximum absolute atomic E-state index is 13.2. The Bertz CT molecular complexity index is 737. The van der Waals surface area contributed by atoms with Gasteiger partial charge in [0.15, 0.2) is 0 Å². The zero-order valence-corrected chi connectivity index (χ0v) is 15.4. The fourth-order valence-electron chi connectivity index (χ4n) is 2.90. The van der Waals surface area contributed by atoms with E-state index in [1.54, 1.807) is 12.1 Å². The number of hydrogen-bond acceptors (Lipinski definition) is 3. The number of benzene rings is 2. The second kappa shape index (κ2) is 10.1. The van der Waals surface area contributed by atoms with Gasteiger partial charge < -0.3 is 9.84 Å². The topological polar surface area (TPSA) is 32.7 Å². The van der Waals surface area contributed by atoms with Gasteiger partial charge in [-0.15, -0.1) is 6.42 Å². The number of halogens is 1. The van der Waals surface area contributed by atoms with Gasteiger partial charge in [0.05, 0.1) is 12.7 Å². The third-order valence-electron chi connectivity index (χ3n) is 4.18. The summed E-state index contributed by atoms with van der Waals surface area (Å²) in [7, 11) is 0. The van der Waals surface area contributed by atoms with Crippen LogP contribution in [0.3, 0.4) is 0 Å². The van der Waals surface area contributed by atoms with E-state index < -0.39 is 6.10 Å². The van der Waals surface area contributed by atoms with Crippen LogP contribution in [0.5, 0.6) is 0 Å². The number of rotatable bonds is 9. The fourth-order valence-corrected chi connectivity index (χ4v) is 2.90. The molecular formula is C22H26FNO2. The lowest BCUT2D eigenvalue weighted by Gasteiger charge is -2.26. The molecule has 4 heteroatoms. The van der Waals surface area contributed by atoms with Crippen LogP contribution in [0.1, 0.15) is 22.3 Å². The maximum atomic E-state index is 13.2. The zero-order chi connectivity index (χ0) is 18.9. The molecule has 0 fully saturated rings. The van der Waals surface area contributed by atoms with Crippen molar-refractivity contribution in [3.05, 3.63) is 70.5 Å². The Morgan fingerprint density at radius 1 is 1.15 bits per heavy atom. The van der Waals surface area contributed by atoms with Crippen LogP contribution in [0.4, 0.5) is 4.39 Å². The van der Waals surface area contributed by atoms with E-state index in [1.807, 2.05) is 0 Å². The van der Waals surface area contributed by atoms with Gasteiger partial charge in [-0.05, 0) is 42.7 Å². The minimum Gasteiger partial charge on any atom is -0.389 e. The first-order valence-electron chi connectivity index (χ1n) is 8.70. The van der Waals surface area contributed by atoms with E-state index in [-0.39, 0.29) is 19.0 Å². The van der Waals surface area contributed by atoms with Gasteiger partial charge in [-0.25, -0.2) is 4.39 Å². The van der Waals surface area contributed by atoms with Crippen molar-refractivity contribution in [2.24, 2.45) is 0 Å². The highest BCUT2D eigenvalue weighted by atomic mass is 19.1. The summed E-state index contributed by atoms with van der Waals surface area (Å²) < 4.78 is 18.4. The van der Waals surface area contributed by atoms with Gasteiger partial charge in [-0.1, -0.05) is 41.8 Å². The van der Waals surface area contributed by atoms with Crippen molar-refractivity contribution in [2.45, 2.75) is 33.0 Å². The number of aryl methyl sites for hydroxylation is 2. The molecule has 1 atom stereocenters. The molecule has 1 N–H and O–H groups in total. The Labute approximate surface area is 155 Å². The molecule has 0 spiro atoms. The molecule has 2 aromatic carbocycles. The smallest absolute Gasteiger partial charge is 0.123 e. The quantitative estimate of drug-likeness (QED) is 0.552. The van der Waals surface area contributed by atoms with Crippen LogP contribution in [-0.2, 0) is 17.8 Å². The van der Waals surface area contributed by atoms with Crippen molar-refractivity contribution < 1.29 is 14.2 Å². The summed E-state index contributed by atoms with van der Waals surface area (Å²) in [5, 5.41) is 10.3. The van der Waals surface area contributed by atoms with Crippen molar-refractivity contribution in [1.29, 1.82) is 0 Å². The van der Waals surface area contributed by atoms with E-state index in [4.69, 9.17) is 11.2 Å². The van der Waals surface area contributed by atoms with E-state index in [0.717, 1.165) is 5.56 Å². The van der Waals surface area contributed by atoms with Crippen LogP contribution in [0.2, 0.25) is 0 Å². The average molecular weight is 355 g/mol. The van der Waals surface area contributed by atoms with E-state index >= 15 is 0 Å². The normalized spacial score (nSPS) is 12.2. The van der Waals surface area contributed by atoms with Crippen molar-refractivity contribution in [1.82, 2.24) is 4.90 Å². The summed E-state index contributed by atoms with van der Waals surface area (Å²) in [6.45, 7) is 6.28. The standard InChI is InChI=1S/C22H26FNO2/c1-4-11-26-16-22(25)15-24(13-19-6-9-21(23)10-7-19)14-20-8-5-17(2)12-18(20)3/h1,5-10,12,22,25H,11,13-16H2,2-3H3/t22-/m1/s1. The zero-order valence-electron chi connectivity index (χ0n) is 15.4. The SMILES string of the molecule is C#CCOC[C@H](O)CN(Cc1ccc(F)cc1)Cc1ccc(C)cc1C. The predicted octanol–water partition coefficient (Wildman–Crippen LogP) is 3.46. The Morgan fingerprint density at radius 2 is 1.88 bits per heavy atom. The number of ether oxygens (including phenoxy) is 1. The van der Waals surface area contributed by atoms with Crippen molar-refractivity contribution in [3.63, 3.8) is 0 Å². The summed E-state index contributed by atoms with van der Waals surface area (Å²) in [4.78, 5) is 2.13. The molecule has 3 nitrogen and oxygen atoms in total. The van der Waals surface area contributed by atoms with E-state index in [9.17, 15) is 9.50 Å². The third kappa shape index (κ3) is 6.61. The highest BCUT2D eigenvalue weighted by Gasteiger charge is 2.14. The third-order valence-corrected chi connectivity index (χ3v) is 4.18. The van der Waals surface area contributed by atoms with Gasteiger partial charge in [0, 0.05) is 19.6 Å². The van der Waals surface area contributed by atoms with E-state index in [0.29, 0.717) is 19.6 Å². The maximum Gasteiger partial charge on any atom is 0.123 e.